The van der Waals surface area contributed by atoms with E-state index >= 15 is 0 Å². The summed E-state index contributed by atoms with van der Waals surface area (Å²) in [5, 5.41) is 11.4. The number of rotatable bonds is 1. The van der Waals surface area contributed by atoms with Gasteiger partial charge in [0, 0.05) is 19.1 Å². The molecule has 0 spiro atoms. The maximum absolute atomic E-state index is 11.4. The normalized spacial score (nSPS) is 21.7. The third kappa shape index (κ3) is 2.62. The van der Waals surface area contributed by atoms with Gasteiger partial charge in [0.15, 0.2) is 0 Å². The smallest absolute Gasteiger partial charge is 0.317 e. The van der Waals surface area contributed by atoms with E-state index in [2.05, 4.69) is 11.4 Å². The van der Waals surface area contributed by atoms with Gasteiger partial charge in [-0.15, -0.1) is 0 Å². The highest BCUT2D eigenvalue weighted by Gasteiger charge is 2.25. The van der Waals surface area contributed by atoms with E-state index < -0.39 is 0 Å². The van der Waals surface area contributed by atoms with Crippen LogP contribution in [0.25, 0.3) is 0 Å². The Balaban J connectivity index is 2.38. The van der Waals surface area contributed by atoms with E-state index in [0.29, 0.717) is 13.1 Å². The standard InChI is InChI=1S/C9H15N3O/c1-7(2)11-9(13)12-4-3-8(5-10)6-12/h7-8H,3-4,6H2,1-2H3,(H,11,13). The molecule has 13 heavy (non-hydrogen) atoms. The Labute approximate surface area is 78.5 Å². The lowest BCUT2D eigenvalue weighted by atomic mass is 10.1. The Morgan fingerprint density at radius 3 is 2.85 bits per heavy atom. The van der Waals surface area contributed by atoms with Gasteiger partial charge < -0.3 is 10.2 Å². The number of amides is 2. The Bertz CT molecular complexity index is 232. The van der Waals surface area contributed by atoms with Crippen LogP contribution in [0.15, 0.2) is 0 Å². The molecule has 1 aliphatic rings. The van der Waals surface area contributed by atoms with E-state index in [1.54, 1.807) is 4.90 Å². The Morgan fingerprint density at radius 2 is 2.38 bits per heavy atom. The van der Waals surface area contributed by atoms with E-state index in [0.717, 1.165) is 6.42 Å². The molecule has 1 atom stereocenters. The van der Waals surface area contributed by atoms with Crippen molar-refractivity contribution in [1.29, 1.82) is 5.26 Å². The van der Waals surface area contributed by atoms with Gasteiger partial charge in [-0.25, -0.2) is 4.79 Å². The average molecular weight is 181 g/mol. The largest absolute Gasteiger partial charge is 0.336 e. The second-order valence-electron chi connectivity index (χ2n) is 3.66. The van der Waals surface area contributed by atoms with Gasteiger partial charge >= 0.3 is 6.03 Å². The predicted molar refractivity (Wildman–Crippen MR) is 49.0 cm³/mol. The first-order chi connectivity index (χ1) is 6.13. The van der Waals surface area contributed by atoms with Crippen LogP contribution in [0.2, 0.25) is 0 Å². The Hall–Kier alpha value is -1.24. The summed E-state index contributed by atoms with van der Waals surface area (Å²) in [6.45, 7) is 5.14. The molecule has 1 aliphatic heterocycles. The molecule has 4 nitrogen and oxygen atoms in total. The summed E-state index contributed by atoms with van der Waals surface area (Å²) in [7, 11) is 0. The fourth-order valence-electron chi connectivity index (χ4n) is 1.39. The molecule has 4 heteroatoms. The third-order valence-electron chi connectivity index (χ3n) is 2.07. The number of nitrogens with zero attached hydrogens (tertiary/aromatic N) is 2. The van der Waals surface area contributed by atoms with Crippen molar-refractivity contribution in [3.05, 3.63) is 0 Å². The monoisotopic (exact) mass is 181 g/mol. The molecule has 0 aromatic rings. The van der Waals surface area contributed by atoms with Crippen LogP contribution in [-0.2, 0) is 0 Å². The molecule has 0 bridgehead atoms. The first-order valence-electron chi connectivity index (χ1n) is 4.58. The third-order valence-corrected chi connectivity index (χ3v) is 2.07. The van der Waals surface area contributed by atoms with Crippen molar-refractivity contribution in [3.63, 3.8) is 0 Å². The van der Waals surface area contributed by atoms with Gasteiger partial charge in [-0.1, -0.05) is 0 Å². The van der Waals surface area contributed by atoms with Gasteiger partial charge in [-0.3, -0.25) is 0 Å². The van der Waals surface area contributed by atoms with Crippen molar-refractivity contribution in [2.75, 3.05) is 13.1 Å². The molecule has 2 amide bonds. The van der Waals surface area contributed by atoms with Crippen LogP contribution in [0.3, 0.4) is 0 Å². The molecular weight excluding hydrogens is 166 g/mol. The topological polar surface area (TPSA) is 56.1 Å². The molecule has 1 unspecified atom stereocenters. The first kappa shape index (κ1) is 9.85. The fraction of sp³-hybridized carbons (Fsp3) is 0.778. The van der Waals surface area contributed by atoms with E-state index in [4.69, 9.17) is 5.26 Å². The maximum atomic E-state index is 11.4. The van der Waals surface area contributed by atoms with Gasteiger partial charge in [0.2, 0.25) is 0 Å². The number of carbonyl (C=O) groups excluding carboxylic acids is 1. The number of nitriles is 1. The van der Waals surface area contributed by atoms with Crippen molar-refractivity contribution >= 4 is 6.03 Å². The number of urea groups is 1. The summed E-state index contributed by atoms with van der Waals surface area (Å²) in [5.74, 6) is 0.0258. The van der Waals surface area contributed by atoms with Crippen molar-refractivity contribution in [2.45, 2.75) is 26.3 Å². The Kier molecular flexibility index (Phi) is 3.13. The molecule has 1 fully saturated rings. The van der Waals surface area contributed by atoms with Gasteiger partial charge in [0.1, 0.15) is 0 Å². The Morgan fingerprint density at radius 1 is 1.69 bits per heavy atom. The summed E-state index contributed by atoms with van der Waals surface area (Å²) < 4.78 is 0. The zero-order valence-electron chi connectivity index (χ0n) is 8.08. The van der Waals surface area contributed by atoms with E-state index in [1.807, 2.05) is 13.8 Å². The lowest BCUT2D eigenvalue weighted by Crippen LogP contribution is -2.41. The summed E-state index contributed by atoms with van der Waals surface area (Å²) >= 11 is 0. The van der Waals surface area contributed by atoms with Gasteiger partial charge in [-0.2, -0.15) is 5.26 Å². The number of likely N-dealkylation sites (tertiary alicyclic amines) is 1. The van der Waals surface area contributed by atoms with Crippen LogP contribution in [-0.4, -0.2) is 30.1 Å². The minimum atomic E-state index is -0.0484. The molecule has 0 aromatic heterocycles. The highest BCUT2D eigenvalue weighted by atomic mass is 16.2. The van der Waals surface area contributed by atoms with E-state index in [9.17, 15) is 4.79 Å². The molecular formula is C9H15N3O. The highest BCUT2D eigenvalue weighted by Crippen LogP contribution is 2.14. The molecule has 0 aliphatic carbocycles. The number of nitrogens with one attached hydrogen (secondary N) is 1. The molecule has 1 rings (SSSR count). The quantitative estimate of drug-likeness (QED) is 0.654. The zero-order chi connectivity index (χ0) is 9.84. The molecule has 72 valence electrons. The second kappa shape index (κ2) is 4.13. The summed E-state index contributed by atoms with van der Waals surface area (Å²) in [4.78, 5) is 13.1. The van der Waals surface area contributed by atoms with Crippen molar-refractivity contribution in [2.24, 2.45) is 5.92 Å². The first-order valence-corrected chi connectivity index (χ1v) is 4.58. The zero-order valence-corrected chi connectivity index (χ0v) is 8.08. The van der Waals surface area contributed by atoms with Crippen LogP contribution in [0.4, 0.5) is 4.79 Å². The van der Waals surface area contributed by atoms with Crippen molar-refractivity contribution in [1.82, 2.24) is 10.2 Å². The van der Waals surface area contributed by atoms with Crippen LogP contribution in [0.5, 0.6) is 0 Å². The fourth-order valence-corrected chi connectivity index (χ4v) is 1.39. The van der Waals surface area contributed by atoms with Crippen LogP contribution in [0.1, 0.15) is 20.3 Å². The average Bonchev–Trinajstić information content (AvgIpc) is 2.50. The van der Waals surface area contributed by atoms with E-state index in [-0.39, 0.29) is 18.0 Å². The van der Waals surface area contributed by atoms with Gasteiger partial charge in [0.05, 0.1) is 12.0 Å². The van der Waals surface area contributed by atoms with Gasteiger partial charge in [0.25, 0.3) is 0 Å². The van der Waals surface area contributed by atoms with E-state index in [1.165, 1.54) is 0 Å². The van der Waals surface area contributed by atoms with Crippen LogP contribution < -0.4 is 5.32 Å². The second-order valence-corrected chi connectivity index (χ2v) is 3.66. The highest BCUT2D eigenvalue weighted by molar-refractivity contribution is 5.74. The molecule has 0 saturated carbocycles. The lowest BCUT2D eigenvalue weighted by molar-refractivity contribution is 0.205. The SMILES string of the molecule is CC(C)NC(=O)N1CCC(C#N)C1. The number of carbonyl (C=O) groups is 1. The van der Waals surface area contributed by atoms with Crippen molar-refractivity contribution in [3.8, 4) is 6.07 Å². The van der Waals surface area contributed by atoms with Gasteiger partial charge in [-0.05, 0) is 20.3 Å². The van der Waals surface area contributed by atoms with Crippen molar-refractivity contribution < 1.29 is 4.79 Å². The van der Waals surface area contributed by atoms with Crippen LogP contribution >= 0.6 is 0 Å². The summed E-state index contributed by atoms with van der Waals surface area (Å²) in [6.07, 6.45) is 0.808. The summed E-state index contributed by atoms with van der Waals surface area (Å²) in [5.41, 5.74) is 0. The maximum Gasteiger partial charge on any atom is 0.317 e. The molecule has 0 radical (unpaired) electrons. The number of hydrogen-bond donors (Lipinski definition) is 1. The number of hydrogen-bond acceptors (Lipinski definition) is 2. The molecule has 1 saturated heterocycles. The molecule has 1 heterocycles. The van der Waals surface area contributed by atoms with Crippen LogP contribution in [0, 0.1) is 17.2 Å². The molecule has 1 N–H and O–H groups in total. The molecule has 0 aromatic carbocycles. The summed E-state index contributed by atoms with van der Waals surface area (Å²) in [6, 6.07) is 2.29. The minimum Gasteiger partial charge on any atom is -0.336 e. The minimum absolute atomic E-state index is 0.0258. The predicted octanol–water partition coefficient (Wildman–Crippen LogP) is 0.950. The lowest BCUT2D eigenvalue weighted by Gasteiger charge is -2.18.